The lowest BCUT2D eigenvalue weighted by Gasteiger charge is -2.14. The summed E-state index contributed by atoms with van der Waals surface area (Å²) in [6, 6.07) is 1.31. The Balaban J connectivity index is 2.79. The lowest BCUT2D eigenvalue weighted by molar-refractivity contribution is -0.385. The van der Waals surface area contributed by atoms with Gasteiger partial charge in [-0.3, -0.25) is 10.1 Å². The van der Waals surface area contributed by atoms with Crippen LogP contribution in [0, 0.1) is 10.1 Å². The molecule has 1 unspecified atom stereocenters. The number of carbonyl (C=O) groups is 1. The van der Waals surface area contributed by atoms with Crippen LogP contribution in [0.4, 0.5) is 11.5 Å². The van der Waals surface area contributed by atoms with Gasteiger partial charge >= 0.3 is 11.7 Å². The van der Waals surface area contributed by atoms with Crippen LogP contribution in [0.15, 0.2) is 12.3 Å². The maximum absolute atomic E-state index is 11.0. The Kier molecular flexibility index (Phi) is 6.23. The fourth-order valence-corrected chi connectivity index (χ4v) is 2.38. The maximum atomic E-state index is 11.0. The first-order valence-corrected chi connectivity index (χ1v) is 7.33. The summed E-state index contributed by atoms with van der Waals surface area (Å²) in [6.45, 7) is 4.04. The van der Waals surface area contributed by atoms with Crippen LogP contribution in [0.25, 0.3) is 0 Å². The number of nitrogens with one attached hydrogen (secondary N) is 1. The highest BCUT2D eigenvalue weighted by Gasteiger charge is 2.21. The number of aromatic nitrogens is 1. The van der Waals surface area contributed by atoms with Gasteiger partial charge in [0.05, 0.1) is 4.92 Å². The third-order valence-corrected chi connectivity index (χ3v) is 3.54. The van der Waals surface area contributed by atoms with Gasteiger partial charge in [-0.25, -0.2) is 9.78 Å². The topological polar surface area (TPSA) is 105 Å². The molecule has 0 aliphatic heterocycles. The lowest BCUT2D eigenvalue weighted by atomic mass is 10.2. The van der Waals surface area contributed by atoms with Crippen molar-refractivity contribution in [3.63, 3.8) is 0 Å². The molecule has 8 heteroatoms. The smallest absolute Gasteiger partial charge is 0.342 e. The number of carboxylic acid groups (broad SMARTS) is 1. The molecular formula is C12H17N3O4S. The van der Waals surface area contributed by atoms with E-state index < -0.39 is 16.6 Å². The minimum absolute atomic E-state index is 0.115. The van der Waals surface area contributed by atoms with Gasteiger partial charge in [-0.05, 0) is 24.9 Å². The van der Waals surface area contributed by atoms with Crippen molar-refractivity contribution in [1.82, 2.24) is 4.98 Å². The first kappa shape index (κ1) is 16.2. The molecule has 0 saturated carbocycles. The second kappa shape index (κ2) is 7.68. The average molecular weight is 299 g/mol. The molecule has 2 N–H and O–H groups in total. The number of aromatic carboxylic acids is 1. The molecule has 0 fully saturated rings. The van der Waals surface area contributed by atoms with Crippen molar-refractivity contribution in [2.75, 3.05) is 16.8 Å². The van der Waals surface area contributed by atoms with Crippen LogP contribution >= 0.6 is 11.8 Å². The van der Waals surface area contributed by atoms with Gasteiger partial charge in [0.15, 0.2) is 0 Å². The Morgan fingerprint density at radius 3 is 2.90 bits per heavy atom. The van der Waals surface area contributed by atoms with Crippen LogP contribution in [-0.4, -0.2) is 38.5 Å². The molecule has 20 heavy (non-hydrogen) atoms. The molecule has 1 atom stereocenters. The number of nitro groups is 1. The van der Waals surface area contributed by atoms with E-state index in [2.05, 4.69) is 17.2 Å². The van der Waals surface area contributed by atoms with Crippen molar-refractivity contribution in [3.8, 4) is 0 Å². The Labute approximate surface area is 120 Å². The van der Waals surface area contributed by atoms with Gasteiger partial charge in [-0.2, -0.15) is 11.8 Å². The van der Waals surface area contributed by atoms with Crippen molar-refractivity contribution >= 4 is 29.2 Å². The Hall–Kier alpha value is -1.83. The summed E-state index contributed by atoms with van der Waals surface area (Å²) >= 11 is 1.82. The molecule has 0 saturated heterocycles. The number of anilines is 1. The molecule has 1 rings (SSSR count). The summed E-state index contributed by atoms with van der Waals surface area (Å²) in [7, 11) is 0. The van der Waals surface area contributed by atoms with Gasteiger partial charge in [0, 0.05) is 12.1 Å². The van der Waals surface area contributed by atoms with E-state index in [0.29, 0.717) is 5.82 Å². The van der Waals surface area contributed by atoms with Gasteiger partial charge in [0.25, 0.3) is 0 Å². The second-order valence-electron chi connectivity index (χ2n) is 4.18. The van der Waals surface area contributed by atoms with E-state index in [1.54, 1.807) is 0 Å². The van der Waals surface area contributed by atoms with Gasteiger partial charge < -0.3 is 10.4 Å². The highest BCUT2D eigenvalue weighted by Crippen LogP contribution is 2.21. The standard InChI is InChI=1S/C12H17N3O4S/c1-3-20-5-4-8(2)14-11-6-9(12(16)17)10(7-13-11)15(18)19/h6-8H,3-5H2,1-2H3,(H,13,14)(H,16,17). The van der Waals surface area contributed by atoms with Crippen molar-refractivity contribution in [2.24, 2.45) is 0 Å². The maximum Gasteiger partial charge on any atom is 0.342 e. The summed E-state index contributed by atoms with van der Waals surface area (Å²) in [5.41, 5.74) is -0.861. The third-order valence-electron chi connectivity index (χ3n) is 2.60. The van der Waals surface area contributed by atoms with Crippen LogP contribution in [0.1, 0.15) is 30.6 Å². The molecule has 0 aromatic carbocycles. The minimum atomic E-state index is -1.34. The lowest BCUT2D eigenvalue weighted by Crippen LogP contribution is -2.17. The molecule has 0 radical (unpaired) electrons. The predicted molar refractivity (Wildman–Crippen MR) is 78.6 cm³/mol. The zero-order valence-electron chi connectivity index (χ0n) is 11.3. The zero-order valence-corrected chi connectivity index (χ0v) is 12.1. The predicted octanol–water partition coefficient (Wildman–Crippen LogP) is 2.63. The van der Waals surface area contributed by atoms with Crippen molar-refractivity contribution in [2.45, 2.75) is 26.3 Å². The molecule has 1 aromatic heterocycles. The minimum Gasteiger partial charge on any atom is -0.477 e. The van der Waals surface area contributed by atoms with Crippen LogP contribution in [0.2, 0.25) is 0 Å². The molecule has 0 aliphatic rings. The normalized spacial score (nSPS) is 11.9. The molecule has 1 heterocycles. The Morgan fingerprint density at radius 2 is 2.35 bits per heavy atom. The van der Waals surface area contributed by atoms with Crippen molar-refractivity contribution in [3.05, 3.63) is 27.9 Å². The summed E-state index contributed by atoms with van der Waals surface area (Å²) in [6.07, 6.45) is 1.87. The molecule has 1 aromatic rings. The molecular weight excluding hydrogens is 282 g/mol. The van der Waals surface area contributed by atoms with E-state index >= 15 is 0 Å². The monoisotopic (exact) mass is 299 g/mol. The third kappa shape index (κ3) is 4.69. The van der Waals surface area contributed by atoms with E-state index in [9.17, 15) is 14.9 Å². The number of hydrogen-bond donors (Lipinski definition) is 2. The molecule has 0 amide bonds. The number of hydrogen-bond acceptors (Lipinski definition) is 6. The summed E-state index contributed by atoms with van der Waals surface area (Å²) in [5, 5.41) is 22.7. The number of carboxylic acids is 1. The van der Waals surface area contributed by atoms with E-state index in [-0.39, 0.29) is 11.6 Å². The molecule has 0 spiro atoms. The highest BCUT2D eigenvalue weighted by atomic mass is 32.2. The fourth-order valence-electron chi connectivity index (χ4n) is 1.57. The van der Waals surface area contributed by atoms with Crippen LogP contribution in [0.3, 0.4) is 0 Å². The molecule has 0 aliphatic carbocycles. The number of rotatable bonds is 8. The van der Waals surface area contributed by atoms with Gasteiger partial charge in [0.1, 0.15) is 17.6 Å². The van der Waals surface area contributed by atoms with Crippen LogP contribution in [0.5, 0.6) is 0 Å². The SMILES string of the molecule is CCSCCC(C)Nc1cc(C(=O)O)c([N+](=O)[O-])cn1. The van der Waals surface area contributed by atoms with E-state index in [1.807, 2.05) is 18.7 Å². The average Bonchev–Trinajstić information content (AvgIpc) is 2.38. The highest BCUT2D eigenvalue weighted by molar-refractivity contribution is 7.99. The first-order valence-electron chi connectivity index (χ1n) is 6.17. The Bertz CT molecular complexity index is 496. The summed E-state index contributed by atoms with van der Waals surface area (Å²) in [5.74, 6) is 1.04. The van der Waals surface area contributed by atoms with Crippen molar-refractivity contribution in [1.29, 1.82) is 0 Å². The van der Waals surface area contributed by atoms with Crippen LogP contribution < -0.4 is 5.32 Å². The van der Waals surface area contributed by atoms with Gasteiger partial charge in [0.2, 0.25) is 0 Å². The van der Waals surface area contributed by atoms with E-state index in [4.69, 9.17) is 5.11 Å². The molecule has 0 bridgehead atoms. The molecule has 7 nitrogen and oxygen atoms in total. The van der Waals surface area contributed by atoms with Gasteiger partial charge in [-0.1, -0.05) is 6.92 Å². The van der Waals surface area contributed by atoms with E-state index in [0.717, 1.165) is 24.1 Å². The Morgan fingerprint density at radius 1 is 1.65 bits per heavy atom. The number of pyridine rings is 1. The largest absolute Gasteiger partial charge is 0.477 e. The fraction of sp³-hybridized carbons (Fsp3) is 0.500. The first-order chi connectivity index (χ1) is 9.45. The quantitative estimate of drug-likeness (QED) is 0.432. The summed E-state index contributed by atoms with van der Waals surface area (Å²) < 4.78 is 0. The molecule has 110 valence electrons. The summed E-state index contributed by atoms with van der Waals surface area (Å²) in [4.78, 5) is 24.9. The number of nitrogens with zero attached hydrogens (tertiary/aromatic N) is 2. The zero-order chi connectivity index (χ0) is 15.1. The van der Waals surface area contributed by atoms with Crippen molar-refractivity contribution < 1.29 is 14.8 Å². The van der Waals surface area contributed by atoms with E-state index in [1.165, 1.54) is 6.07 Å². The van der Waals surface area contributed by atoms with Gasteiger partial charge in [-0.15, -0.1) is 0 Å². The number of thioether (sulfide) groups is 1. The van der Waals surface area contributed by atoms with Crippen LogP contribution in [-0.2, 0) is 0 Å². The second-order valence-corrected chi connectivity index (χ2v) is 5.57.